The fourth-order valence-corrected chi connectivity index (χ4v) is 1.39. The number of aliphatic hydroxyl groups is 1. The molecule has 1 aromatic carbocycles. The number of nitro groups is 1. The number of hydrogen-bond donors (Lipinski definition) is 3. The summed E-state index contributed by atoms with van der Waals surface area (Å²) in [4.78, 5) is 9.89. The third kappa shape index (κ3) is 5.07. The average Bonchev–Trinajstić information content (AvgIpc) is 2.27. The van der Waals surface area contributed by atoms with Crippen LogP contribution in [0.3, 0.4) is 0 Å². The Bertz CT molecular complexity index is 413. The number of non-ortho nitro benzene ring substituents is 1. The van der Waals surface area contributed by atoms with Gasteiger partial charge in [-0.1, -0.05) is 0 Å². The van der Waals surface area contributed by atoms with Gasteiger partial charge in [0.2, 0.25) is 0 Å². The van der Waals surface area contributed by atoms with E-state index in [0.29, 0.717) is 25.3 Å². The first-order valence-corrected chi connectivity index (χ1v) is 5.56. The fraction of sp³-hybridized carbons (Fsp3) is 0.455. The predicted molar refractivity (Wildman–Crippen MR) is 66.1 cm³/mol. The van der Waals surface area contributed by atoms with Crippen LogP contribution in [0.15, 0.2) is 18.2 Å². The Hall–Kier alpha value is -1.73. The molecular weight excluding hydrogens is 241 g/mol. The first kappa shape index (κ1) is 14.3. The highest BCUT2D eigenvalue weighted by molar-refractivity contribution is 5.51. The van der Waals surface area contributed by atoms with Crippen molar-refractivity contribution in [2.45, 2.75) is 13.0 Å². The molecule has 0 fully saturated rings. The van der Waals surface area contributed by atoms with Crippen LogP contribution in [0.5, 0.6) is 0 Å². The van der Waals surface area contributed by atoms with Crippen molar-refractivity contribution in [3.63, 3.8) is 0 Å². The molecule has 0 bridgehead atoms. The van der Waals surface area contributed by atoms with Crippen molar-refractivity contribution >= 4 is 11.4 Å². The molecule has 0 aliphatic carbocycles. The SMILES string of the molecule is CC(O)CNCCNc1cc(F)cc([N+](=O)[O-])c1. The van der Waals surface area contributed by atoms with Crippen LogP contribution in [0.4, 0.5) is 15.8 Å². The Morgan fingerprint density at radius 2 is 2.17 bits per heavy atom. The highest BCUT2D eigenvalue weighted by Gasteiger charge is 2.09. The Morgan fingerprint density at radius 1 is 1.44 bits per heavy atom. The summed E-state index contributed by atoms with van der Waals surface area (Å²) in [5.41, 5.74) is 0.0787. The molecule has 0 amide bonds. The van der Waals surface area contributed by atoms with Crippen LogP contribution in [-0.4, -0.2) is 35.8 Å². The summed E-state index contributed by atoms with van der Waals surface area (Å²) in [7, 11) is 0. The van der Waals surface area contributed by atoms with Crippen LogP contribution < -0.4 is 10.6 Å². The van der Waals surface area contributed by atoms with E-state index in [4.69, 9.17) is 5.11 Å². The van der Waals surface area contributed by atoms with Crippen molar-refractivity contribution in [1.29, 1.82) is 0 Å². The summed E-state index contributed by atoms with van der Waals surface area (Å²) >= 11 is 0. The molecule has 0 radical (unpaired) electrons. The molecule has 1 unspecified atom stereocenters. The van der Waals surface area contributed by atoms with E-state index in [-0.39, 0.29) is 5.69 Å². The number of hydrogen-bond acceptors (Lipinski definition) is 5. The smallest absolute Gasteiger partial charge is 0.274 e. The number of anilines is 1. The quantitative estimate of drug-likeness (QED) is 0.387. The highest BCUT2D eigenvalue weighted by atomic mass is 19.1. The normalized spacial score (nSPS) is 12.2. The zero-order valence-corrected chi connectivity index (χ0v) is 10.0. The second-order valence-electron chi connectivity index (χ2n) is 3.94. The summed E-state index contributed by atoms with van der Waals surface area (Å²) < 4.78 is 13.1. The predicted octanol–water partition coefficient (Wildman–Crippen LogP) is 1.12. The van der Waals surface area contributed by atoms with Crippen LogP contribution in [0.2, 0.25) is 0 Å². The van der Waals surface area contributed by atoms with Crippen molar-refractivity contribution in [3.8, 4) is 0 Å². The molecule has 18 heavy (non-hydrogen) atoms. The molecule has 0 saturated carbocycles. The molecule has 1 rings (SSSR count). The van der Waals surface area contributed by atoms with Gasteiger partial charge in [0.15, 0.2) is 0 Å². The minimum atomic E-state index is -0.649. The van der Waals surface area contributed by atoms with Gasteiger partial charge >= 0.3 is 0 Å². The molecule has 0 heterocycles. The highest BCUT2D eigenvalue weighted by Crippen LogP contribution is 2.19. The number of benzene rings is 1. The second kappa shape index (κ2) is 6.87. The minimum Gasteiger partial charge on any atom is -0.392 e. The van der Waals surface area contributed by atoms with Crippen molar-refractivity contribution in [2.75, 3.05) is 25.0 Å². The van der Waals surface area contributed by atoms with Crippen molar-refractivity contribution < 1.29 is 14.4 Å². The van der Waals surface area contributed by atoms with Crippen LogP contribution >= 0.6 is 0 Å². The molecule has 0 aliphatic heterocycles. The number of halogens is 1. The summed E-state index contributed by atoms with van der Waals surface area (Å²) in [5.74, 6) is -0.649. The van der Waals surface area contributed by atoms with Gasteiger partial charge in [-0.2, -0.15) is 0 Å². The summed E-state index contributed by atoms with van der Waals surface area (Å²) in [6.07, 6.45) is -0.430. The van der Waals surface area contributed by atoms with Crippen LogP contribution in [-0.2, 0) is 0 Å². The van der Waals surface area contributed by atoms with Gasteiger partial charge < -0.3 is 15.7 Å². The molecule has 1 aromatic rings. The lowest BCUT2D eigenvalue weighted by molar-refractivity contribution is -0.385. The van der Waals surface area contributed by atoms with Crippen molar-refractivity contribution in [3.05, 3.63) is 34.1 Å². The van der Waals surface area contributed by atoms with E-state index in [1.54, 1.807) is 6.92 Å². The molecular formula is C11H16FN3O3. The van der Waals surface area contributed by atoms with Gasteiger partial charge in [-0.3, -0.25) is 10.1 Å². The molecule has 6 nitrogen and oxygen atoms in total. The molecule has 7 heteroatoms. The van der Waals surface area contributed by atoms with Gasteiger partial charge in [-0.05, 0) is 13.0 Å². The summed E-state index contributed by atoms with van der Waals surface area (Å²) in [5, 5.41) is 25.4. The van der Waals surface area contributed by atoms with Crippen LogP contribution in [0, 0.1) is 15.9 Å². The maximum atomic E-state index is 13.1. The van der Waals surface area contributed by atoms with E-state index in [9.17, 15) is 14.5 Å². The van der Waals surface area contributed by atoms with E-state index in [1.807, 2.05) is 0 Å². The lowest BCUT2D eigenvalue weighted by Crippen LogP contribution is -2.28. The third-order valence-electron chi connectivity index (χ3n) is 2.16. The molecule has 0 aromatic heterocycles. The first-order chi connectivity index (χ1) is 8.49. The topological polar surface area (TPSA) is 87.4 Å². The lowest BCUT2D eigenvalue weighted by Gasteiger charge is -2.09. The Labute approximate surface area is 104 Å². The third-order valence-corrected chi connectivity index (χ3v) is 2.16. The molecule has 100 valence electrons. The summed E-state index contributed by atoms with van der Waals surface area (Å²) in [6, 6.07) is 3.34. The molecule has 3 N–H and O–H groups in total. The van der Waals surface area contributed by atoms with E-state index in [1.165, 1.54) is 12.1 Å². The number of nitrogens with one attached hydrogen (secondary N) is 2. The van der Waals surface area contributed by atoms with Gasteiger partial charge in [0.1, 0.15) is 5.82 Å². The second-order valence-corrected chi connectivity index (χ2v) is 3.94. The fourth-order valence-electron chi connectivity index (χ4n) is 1.39. The number of rotatable bonds is 7. The van der Waals surface area contributed by atoms with Gasteiger partial charge in [0, 0.05) is 31.4 Å². The van der Waals surface area contributed by atoms with E-state index in [0.717, 1.165) is 6.07 Å². The maximum absolute atomic E-state index is 13.1. The molecule has 1 atom stereocenters. The van der Waals surface area contributed by atoms with Gasteiger partial charge in [-0.15, -0.1) is 0 Å². The van der Waals surface area contributed by atoms with Gasteiger partial charge in [-0.25, -0.2) is 4.39 Å². The standard InChI is InChI=1S/C11H16FN3O3/c1-8(16)7-13-2-3-14-10-4-9(12)5-11(6-10)15(17)18/h4-6,8,13-14,16H,2-3,7H2,1H3. The molecule has 0 spiro atoms. The Morgan fingerprint density at radius 3 is 2.78 bits per heavy atom. The zero-order valence-electron chi connectivity index (χ0n) is 10.0. The Kier molecular flexibility index (Phi) is 5.47. The van der Waals surface area contributed by atoms with Crippen molar-refractivity contribution in [2.24, 2.45) is 0 Å². The average molecular weight is 257 g/mol. The van der Waals surface area contributed by atoms with Crippen LogP contribution in [0.25, 0.3) is 0 Å². The minimum absolute atomic E-state index is 0.283. The number of nitro benzene ring substituents is 1. The van der Waals surface area contributed by atoms with Gasteiger partial charge in [0.05, 0.1) is 17.1 Å². The Balaban J connectivity index is 2.44. The monoisotopic (exact) mass is 257 g/mol. The maximum Gasteiger partial charge on any atom is 0.274 e. The van der Waals surface area contributed by atoms with Crippen molar-refractivity contribution in [1.82, 2.24) is 5.32 Å². The van der Waals surface area contributed by atoms with Crippen LogP contribution in [0.1, 0.15) is 6.92 Å². The molecule has 0 saturated heterocycles. The zero-order chi connectivity index (χ0) is 13.5. The van der Waals surface area contributed by atoms with E-state index >= 15 is 0 Å². The lowest BCUT2D eigenvalue weighted by atomic mass is 10.2. The largest absolute Gasteiger partial charge is 0.392 e. The number of aliphatic hydroxyl groups excluding tert-OH is 1. The van der Waals surface area contributed by atoms with E-state index in [2.05, 4.69) is 10.6 Å². The molecule has 0 aliphatic rings. The van der Waals surface area contributed by atoms with Gasteiger partial charge in [0.25, 0.3) is 5.69 Å². The van der Waals surface area contributed by atoms with E-state index < -0.39 is 16.8 Å². The first-order valence-electron chi connectivity index (χ1n) is 5.56. The summed E-state index contributed by atoms with van der Waals surface area (Å²) in [6.45, 7) is 3.17. The number of nitrogens with zero attached hydrogens (tertiary/aromatic N) is 1.